The van der Waals surface area contributed by atoms with Crippen LogP contribution in [0.3, 0.4) is 0 Å². The molecular formula is C19H16FN3O2. The predicted molar refractivity (Wildman–Crippen MR) is 91.5 cm³/mol. The molecule has 1 aliphatic rings. The third-order valence-electron chi connectivity index (χ3n) is 4.36. The van der Waals surface area contributed by atoms with Gasteiger partial charge in [-0.1, -0.05) is 12.1 Å². The van der Waals surface area contributed by atoms with E-state index >= 15 is 0 Å². The van der Waals surface area contributed by atoms with Crippen molar-refractivity contribution in [2.75, 3.05) is 13.7 Å². The number of carbonyl (C=O) groups is 1. The Hall–Kier alpha value is -3.15. The molecule has 0 saturated carbocycles. The highest BCUT2D eigenvalue weighted by atomic mass is 19.1. The lowest BCUT2D eigenvalue weighted by molar-refractivity contribution is 0.0946. The molecule has 2 heterocycles. The number of halogens is 1. The molecule has 1 N–H and O–H groups in total. The minimum Gasteiger partial charge on any atom is -0.496 e. The van der Waals surface area contributed by atoms with Crippen molar-refractivity contribution in [3.05, 3.63) is 65.7 Å². The molecule has 2 aromatic carbocycles. The number of ether oxygens (including phenoxy) is 1. The molecule has 25 heavy (non-hydrogen) atoms. The van der Waals surface area contributed by atoms with Crippen molar-refractivity contribution in [1.29, 1.82) is 0 Å². The first kappa shape index (κ1) is 15.4. The number of rotatable bonds is 3. The van der Waals surface area contributed by atoms with E-state index in [1.54, 1.807) is 29.1 Å². The molecule has 3 aromatic rings. The van der Waals surface area contributed by atoms with Crippen LogP contribution in [0.2, 0.25) is 0 Å². The molecule has 4 rings (SSSR count). The van der Waals surface area contributed by atoms with Crippen molar-refractivity contribution in [3.8, 4) is 22.8 Å². The smallest absolute Gasteiger partial charge is 0.251 e. The summed E-state index contributed by atoms with van der Waals surface area (Å²) >= 11 is 0. The molecule has 1 aliphatic heterocycles. The predicted octanol–water partition coefficient (Wildman–Crippen LogP) is 2.97. The number of amides is 1. The fraction of sp³-hybridized carbons (Fsp3) is 0.158. The maximum atomic E-state index is 14.4. The van der Waals surface area contributed by atoms with Crippen LogP contribution in [0.25, 0.3) is 17.1 Å². The number of hydrogen-bond donors (Lipinski definition) is 1. The Bertz CT molecular complexity index is 965. The molecule has 0 unspecified atom stereocenters. The van der Waals surface area contributed by atoms with E-state index in [9.17, 15) is 9.18 Å². The second-order valence-corrected chi connectivity index (χ2v) is 5.79. The Labute approximate surface area is 144 Å². The van der Waals surface area contributed by atoms with Crippen LogP contribution < -0.4 is 10.1 Å². The van der Waals surface area contributed by atoms with Crippen LogP contribution in [-0.4, -0.2) is 29.1 Å². The first-order valence-corrected chi connectivity index (χ1v) is 7.97. The fourth-order valence-corrected chi connectivity index (χ4v) is 3.14. The first-order valence-electron chi connectivity index (χ1n) is 7.97. The maximum absolute atomic E-state index is 14.4. The summed E-state index contributed by atoms with van der Waals surface area (Å²) in [6, 6.07) is 10.3. The molecule has 1 amide bonds. The van der Waals surface area contributed by atoms with Gasteiger partial charge in [0.25, 0.3) is 5.91 Å². The number of hydrogen-bond acceptors (Lipinski definition) is 3. The van der Waals surface area contributed by atoms with Crippen LogP contribution in [0.5, 0.6) is 5.75 Å². The van der Waals surface area contributed by atoms with Gasteiger partial charge in [-0.25, -0.2) is 9.37 Å². The molecule has 5 nitrogen and oxygen atoms in total. The lowest BCUT2D eigenvalue weighted by Gasteiger charge is -2.18. The van der Waals surface area contributed by atoms with E-state index in [2.05, 4.69) is 10.3 Å². The van der Waals surface area contributed by atoms with E-state index in [1.807, 2.05) is 18.2 Å². The number of fused-ring (bicyclic) bond motifs is 1. The first-order chi connectivity index (χ1) is 12.2. The van der Waals surface area contributed by atoms with Gasteiger partial charge >= 0.3 is 0 Å². The quantitative estimate of drug-likeness (QED) is 0.799. The van der Waals surface area contributed by atoms with Gasteiger partial charge in [0.1, 0.15) is 11.6 Å². The van der Waals surface area contributed by atoms with E-state index in [0.717, 1.165) is 17.7 Å². The van der Waals surface area contributed by atoms with Crippen LogP contribution >= 0.6 is 0 Å². The number of nitrogens with zero attached hydrogens (tertiary/aromatic N) is 2. The summed E-state index contributed by atoms with van der Waals surface area (Å²) in [7, 11) is 1.49. The average Bonchev–Trinajstić information content (AvgIpc) is 3.10. The van der Waals surface area contributed by atoms with E-state index in [4.69, 9.17) is 4.74 Å². The van der Waals surface area contributed by atoms with Crippen molar-refractivity contribution in [2.45, 2.75) is 6.42 Å². The molecule has 6 heteroatoms. The standard InChI is InChI=1S/C19H16FN3O2/c1-25-16-4-2-3-15(20)17(16)18-21-9-10-23(18)13-6-5-12-7-8-22-19(24)14(12)11-13/h2-6,9-11H,7-8H2,1H3,(H,22,24). The second kappa shape index (κ2) is 6.05. The molecule has 0 bridgehead atoms. The SMILES string of the molecule is COc1cccc(F)c1-c1nccn1-c1ccc2c(c1)C(=O)NCC2. The van der Waals surface area contributed by atoms with Gasteiger partial charge in [-0.15, -0.1) is 0 Å². The highest BCUT2D eigenvalue weighted by Crippen LogP contribution is 2.33. The second-order valence-electron chi connectivity index (χ2n) is 5.79. The lowest BCUT2D eigenvalue weighted by atomic mass is 9.99. The Morgan fingerprint density at radius 1 is 1.28 bits per heavy atom. The average molecular weight is 337 g/mol. The van der Waals surface area contributed by atoms with E-state index < -0.39 is 5.82 Å². The summed E-state index contributed by atoms with van der Waals surface area (Å²) in [4.78, 5) is 16.4. The largest absolute Gasteiger partial charge is 0.496 e. The molecule has 126 valence electrons. The van der Waals surface area contributed by atoms with Gasteiger partial charge in [-0.2, -0.15) is 0 Å². The highest BCUT2D eigenvalue weighted by molar-refractivity contribution is 5.97. The Kier molecular flexibility index (Phi) is 3.72. The summed E-state index contributed by atoms with van der Waals surface area (Å²) in [5.74, 6) is 0.324. The number of benzene rings is 2. The number of aromatic nitrogens is 2. The summed E-state index contributed by atoms with van der Waals surface area (Å²) in [5.41, 5.74) is 2.69. The Morgan fingerprint density at radius 2 is 2.16 bits per heavy atom. The molecule has 0 fully saturated rings. The normalized spacial score (nSPS) is 13.3. The van der Waals surface area contributed by atoms with Gasteiger partial charge in [0.15, 0.2) is 5.82 Å². The molecule has 0 aliphatic carbocycles. The number of methoxy groups -OCH3 is 1. The Morgan fingerprint density at radius 3 is 3.00 bits per heavy atom. The Balaban J connectivity index is 1.87. The maximum Gasteiger partial charge on any atom is 0.251 e. The van der Waals surface area contributed by atoms with Crippen molar-refractivity contribution < 1.29 is 13.9 Å². The van der Waals surface area contributed by atoms with Gasteiger partial charge in [-0.05, 0) is 36.2 Å². The summed E-state index contributed by atoms with van der Waals surface area (Å²) in [6.45, 7) is 0.647. The summed E-state index contributed by atoms with van der Waals surface area (Å²) in [6.07, 6.45) is 4.14. The van der Waals surface area contributed by atoms with Crippen LogP contribution in [0.15, 0.2) is 48.8 Å². The molecule has 0 saturated heterocycles. The zero-order chi connectivity index (χ0) is 17.4. The van der Waals surface area contributed by atoms with E-state index in [1.165, 1.54) is 13.2 Å². The number of imidazole rings is 1. The van der Waals surface area contributed by atoms with E-state index in [-0.39, 0.29) is 11.5 Å². The van der Waals surface area contributed by atoms with Crippen molar-refractivity contribution >= 4 is 5.91 Å². The van der Waals surface area contributed by atoms with Gasteiger partial charge in [0.2, 0.25) is 0 Å². The summed E-state index contributed by atoms with van der Waals surface area (Å²) in [5, 5.41) is 2.84. The third kappa shape index (κ3) is 2.55. The van der Waals surface area contributed by atoms with Crippen LogP contribution in [0, 0.1) is 5.82 Å². The van der Waals surface area contributed by atoms with Crippen molar-refractivity contribution in [3.63, 3.8) is 0 Å². The number of carbonyl (C=O) groups excluding carboxylic acids is 1. The molecule has 1 aromatic heterocycles. The van der Waals surface area contributed by atoms with Crippen molar-refractivity contribution in [1.82, 2.24) is 14.9 Å². The van der Waals surface area contributed by atoms with Crippen molar-refractivity contribution in [2.24, 2.45) is 0 Å². The van der Waals surface area contributed by atoms with Gasteiger partial charge < -0.3 is 10.1 Å². The minimum atomic E-state index is -0.414. The molecule has 0 atom stereocenters. The molecule has 0 radical (unpaired) electrons. The van der Waals surface area contributed by atoms with Crippen LogP contribution in [0.4, 0.5) is 4.39 Å². The van der Waals surface area contributed by atoms with Crippen LogP contribution in [0.1, 0.15) is 15.9 Å². The van der Waals surface area contributed by atoms with Crippen LogP contribution in [-0.2, 0) is 6.42 Å². The summed E-state index contributed by atoms with van der Waals surface area (Å²) < 4.78 is 21.5. The molecular weight excluding hydrogens is 321 g/mol. The van der Waals surface area contributed by atoms with Gasteiger partial charge in [0, 0.05) is 30.2 Å². The van der Waals surface area contributed by atoms with Gasteiger partial charge in [-0.3, -0.25) is 9.36 Å². The monoisotopic (exact) mass is 337 g/mol. The van der Waals surface area contributed by atoms with E-state index in [0.29, 0.717) is 23.7 Å². The zero-order valence-corrected chi connectivity index (χ0v) is 13.6. The fourth-order valence-electron chi connectivity index (χ4n) is 3.14. The highest BCUT2D eigenvalue weighted by Gasteiger charge is 2.20. The minimum absolute atomic E-state index is 0.0896. The molecule has 0 spiro atoms. The topological polar surface area (TPSA) is 56.2 Å². The number of nitrogens with one attached hydrogen (secondary N) is 1. The third-order valence-corrected chi connectivity index (χ3v) is 4.36. The zero-order valence-electron chi connectivity index (χ0n) is 13.6. The van der Waals surface area contributed by atoms with Gasteiger partial charge in [0.05, 0.1) is 12.7 Å². The lowest BCUT2D eigenvalue weighted by Crippen LogP contribution is -2.31.